The van der Waals surface area contributed by atoms with Crippen LogP contribution in [0.2, 0.25) is 0 Å². The fraction of sp³-hybridized carbons (Fsp3) is 0.667. The van der Waals surface area contributed by atoms with Gasteiger partial charge in [0.1, 0.15) is 5.82 Å². The average Bonchev–Trinajstić information content (AvgIpc) is 3.08. The Morgan fingerprint density at radius 2 is 2.23 bits per heavy atom. The summed E-state index contributed by atoms with van der Waals surface area (Å²) in [6.45, 7) is 9.69. The van der Waals surface area contributed by atoms with Gasteiger partial charge in [0, 0.05) is 44.5 Å². The molecule has 3 heterocycles. The zero-order valence-electron chi connectivity index (χ0n) is 13.7. The third kappa shape index (κ3) is 3.05. The van der Waals surface area contributed by atoms with Gasteiger partial charge in [0.05, 0.1) is 12.6 Å². The molecule has 2 aromatic heterocycles. The number of hydrogen-bond donors (Lipinski definition) is 1. The van der Waals surface area contributed by atoms with E-state index in [1.165, 1.54) is 0 Å². The zero-order chi connectivity index (χ0) is 15.7. The van der Waals surface area contributed by atoms with Crippen LogP contribution in [0.1, 0.15) is 44.4 Å². The number of hydrogen-bond acceptors (Lipinski definition) is 6. The van der Waals surface area contributed by atoms with E-state index >= 15 is 0 Å². The first-order chi connectivity index (χ1) is 10.4. The molecular weight excluding hydrogens is 280 g/mol. The Morgan fingerprint density at radius 1 is 1.41 bits per heavy atom. The maximum Gasteiger partial charge on any atom is 0.240 e. The predicted octanol–water partition coefficient (Wildman–Crippen LogP) is 1.25. The Hall–Kier alpha value is -1.73. The highest BCUT2D eigenvalue weighted by Crippen LogP contribution is 2.23. The van der Waals surface area contributed by atoms with Crippen molar-refractivity contribution >= 4 is 0 Å². The Labute approximate surface area is 130 Å². The fourth-order valence-electron chi connectivity index (χ4n) is 2.69. The van der Waals surface area contributed by atoms with E-state index in [0.717, 1.165) is 31.3 Å². The van der Waals surface area contributed by atoms with Gasteiger partial charge in [-0.1, -0.05) is 25.9 Å². The molecule has 1 saturated heterocycles. The molecule has 0 spiro atoms. The van der Waals surface area contributed by atoms with Gasteiger partial charge in [-0.15, -0.1) is 0 Å². The largest absolute Gasteiger partial charge is 0.338 e. The van der Waals surface area contributed by atoms with Crippen LogP contribution in [0.5, 0.6) is 0 Å². The summed E-state index contributed by atoms with van der Waals surface area (Å²) in [5.41, 5.74) is -0.0930. The Kier molecular flexibility index (Phi) is 4.01. The fourth-order valence-corrected chi connectivity index (χ4v) is 2.69. The number of nitrogens with one attached hydrogen (secondary N) is 1. The van der Waals surface area contributed by atoms with E-state index in [4.69, 9.17) is 4.52 Å². The van der Waals surface area contributed by atoms with Crippen molar-refractivity contribution in [1.29, 1.82) is 0 Å². The minimum Gasteiger partial charge on any atom is -0.338 e. The predicted molar refractivity (Wildman–Crippen MR) is 82.2 cm³/mol. The normalized spacial score (nSPS) is 20.5. The molecule has 0 aromatic carbocycles. The molecule has 22 heavy (non-hydrogen) atoms. The lowest BCUT2D eigenvalue weighted by molar-refractivity contribution is 0.128. The first-order valence-electron chi connectivity index (χ1n) is 7.70. The van der Waals surface area contributed by atoms with E-state index in [1.807, 2.05) is 19.4 Å². The van der Waals surface area contributed by atoms with E-state index in [1.54, 1.807) is 0 Å². The maximum absolute atomic E-state index is 5.44. The van der Waals surface area contributed by atoms with Crippen LogP contribution >= 0.6 is 0 Å². The Bertz CT molecular complexity index is 626. The van der Waals surface area contributed by atoms with Crippen LogP contribution in [0.15, 0.2) is 16.9 Å². The first kappa shape index (κ1) is 15.2. The molecule has 0 bridgehead atoms. The molecule has 0 amide bonds. The summed E-state index contributed by atoms with van der Waals surface area (Å²) in [7, 11) is 2.03. The minimum absolute atomic E-state index is 0.0930. The van der Waals surface area contributed by atoms with E-state index < -0.39 is 0 Å². The standard InChI is InChI=1S/C15H24N6O/c1-15(2,3)14-18-12(22-19-14)10-21-8-5-16-9-11(21)13-17-6-7-20(13)4/h6-7,11,16H,5,8-10H2,1-4H3. The molecule has 0 saturated carbocycles. The molecule has 7 heteroatoms. The Balaban J connectivity index is 1.77. The smallest absolute Gasteiger partial charge is 0.240 e. The van der Waals surface area contributed by atoms with Crippen molar-refractivity contribution < 1.29 is 4.52 Å². The summed E-state index contributed by atoms with van der Waals surface area (Å²) < 4.78 is 7.51. The van der Waals surface area contributed by atoms with E-state index in [0.29, 0.717) is 12.4 Å². The monoisotopic (exact) mass is 304 g/mol. The third-order valence-corrected chi connectivity index (χ3v) is 3.99. The van der Waals surface area contributed by atoms with Gasteiger partial charge in [-0.2, -0.15) is 4.98 Å². The van der Waals surface area contributed by atoms with Gasteiger partial charge in [-0.25, -0.2) is 4.98 Å². The summed E-state index contributed by atoms with van der Waals surface area (Å²) in [4.78, 5) is 11.4. The molecule has 1 atom stereocenters. The van der Waals surface area contributed by atoms with E-state index in [9.17, 15) is 0 Å². The van der Waals surface area contributed by atoms with Crippen LogP contribution in [0.25, 0.3) is 0 Å². The number of piperazine rings is 1. The van der Waals surface area contributed by atoms with Gasteiger partial charge in [-0.05, 0) is 0 Å². The molecule has 3 rings (SSSR count). The quantitative estimate of drug-likeness (QED) is 0.920. The lowest BCUT2D eigenvalue weighted by atomic mass is 9.96. The molecule has 7 nitrogen and oxygen atoms in total. The first-order valence-corrected chi connectivity index (χ1v) is 7.70. The van der Waals surface area contributed by atoms with Crippen LogP contribution in [-0.4, -0.2) is 44.2 Å². The number of rotatable bonds is 3. The SMILES string of the molecule is Cn1ccnc1C1CNCCN1Cc1nc(C(C)(C)C)no1. The second kappa shape index (κ2) is 5.81. The second-order valence-electron chi connectivity index (χ2n) is 6.85. The maximum atomic E-state index is 5.44. The van der Waals surface area contributed by atoms with Crippen LogP contribution in [-0.2, 0) is 19.0 Å². The summed E-state index contributed by atoms with van der Waals surface area (Å²) in [5, 5.41) is 7.54. The van der Waals surface area contributed by atoms with Gasteiger partial charge in [0.2, 0.25) is 5.89 Å². The highest BCUT2D eigenvalue weighted by atomic mass is 16.5. The molecule has 1 aliphatic rings. The zero-order valence-corrected chi connectivity index (χ0v) is 13.7. The highest BCUT2D eigenvalue weighted by molar-refractivity contribution is 5.04. The van der Waals surface area contributed by atoms with Crippen LogP contribution in [0.4, 0.5) is 0 Å². The summed E-state index contributed by atoms with van der Waals surface area (Å²) in [5.74, 6) is 2.49. The van der Waals surface area contributed by atoms with Gasteiger partial charge < -0.3 is 14.4 Å². The van der Waals surface area contributed by atoms with Gasteiger partial charge in [0.25, 0.3) is 0 Å². The lowest BCUT2D eigenvalue weighted by Crippen LogP contribution is -2.46. The Morgan fingerprint density at radius 3 is 2.86 bits per heavy atom. The molecule has 120 valence electrons. The van der Waals surface area contributed by atoms with Crippen molar-refractivity contribution in [3.05, 3.63) is 29.9 Å². The molecule has 0 radical (unpaired) electrons. The molecule has 1 unspecified atom stereocenters. The van der Waals surface area contributed by atoms with Crippen molar-refractivity contribution in [1.82, 2.24) is 29.9 Å². The summed E-state index contributed by atoms with van der Waals surface area (Å²) in [6.07, 6.45) is 3.82. The van der Waals surface area contributed by atoms with Crippen molar-refractivity contribution in [2.24, 2.45) is 7.05 Å². The van der Waals surface area contributed by atoms with Gasteiger partial charge in [-0.3, -0.25) is 4.90 Å². The molecule has 1 aliphatic heterocycles. The van der Waals surface area contributed by atoms with Gasteiger partial charge >= 0.3 is 0 Å². The highest BCUT2D eigenvalue weighted by Gasteiger charge is 2.29. The molecule has 2 aromatic rings. The van der Waals surface area contributed by atoms with Crippen LogP contribution in [0, 0.1) is 0 Å². The van der Waals surface area contributed by atoms with Crippen LogP contribution < -0.4 is 5.32 Å². The molecule has 1 N–H and O–H groups in total. The summed E-state index contributed by atoms with van der Waals surface area (Å²) in [6, 6.07) is 0.221. The van der Waals surface area contributed by atoms with E-state index in [-0.39, 0.29) is 11.5 Å². The van der Waals surface area contributed by atoms with Crippen LogP contribution in [0.3, 0.4) is 0 Å². The number of aryl methyl sites for hydroxylation is 1. The third-order valence-electron chi connectivity index (χ3n) is 3.99. The number of aromatic nitrogens is 4. The van der Waals surface area contributed by atoms with E-state index in [2.05, 4.69) is 50.7 Å². The average molecular weight is 304 g/mol. The topological polar surface area (TPSA) is 72.0 Å². The van der Waals surface area contributed by atoms with Crippen molar-refractivity contribution in [3.63, 3.8) is 0 Å². The summed E-state index contributed by atoms with van der Waals surface area (Å²) >= 11 is 0. The lowest BCUT2D eigenvalue weighted by Gasteiger charge is -2.34. The van der Waals surface area contributed by atoms with Crippen molar-refractivity contribution in [2.45, 2.75) is 38.8 Å². The van der Waals surface area contributed by atoms with Crippen molar-refractivity contribution in [2.75, 3.05) is 19.6 Å². The second-order valence-corrected chi connectivity index (χ2v) is 6.85. The van der Waals surface area contributed by atoms with Crippen molar-refractivity contribution in [3.8, 4) is 0 Å². The number of imidazole rings is 1. The molecule has 0 aliphatic carbocycles. The number of nitrogens with zero attached hydrogens (tertiary/aromatic N) is 5. The molecular formula is C15H24N6O. The molecule has 1 fully saturated rings. The van der Waals surface area contributed by atoms with Gasteiger partial charge in [0.15, 0.2) is 5.82 Å². The minimum atomic E-state index is -0.0930.